The Morgan fingerprint density at radius 1 is 0.652 bits per heavy atom. The molecule has 0 aliphatic heterocycles. The number of ether oxygens (including phenoxy) is 2. The lowest BCUT2D eigenvalue weighted by atomic mass is 10.3. The molecule has 0 aromatic heterocycles. The number of carbonyl (C=O) groups is 2. The van der Waals surface area contributed by atoms with Crippen LogP contribution >= 0.6 is 0 Å². The molecule has 0 bridgehead atoms. The van der Waals surface area contributed by atoms with Gasteiger partial charge in [-0.15, -0.1) is 0 Å². The number of hydrogen-bond acceptors (Lipinski definition) is 8. The molecule has 4 N–H and O–H groups in total. The van der Waals surface area contributed by atoms with Gasteiger partial charge in [-0.3, -0.25) is 9.59 Å². The molecule has 2 aromatic rings. The summed E-state index contributed by atoms with van der Waals surface area (Å²) in [7, 11) is 0. The van der Waals surface area contributed by atoms with Crippen LogP contribution in [-0.2, 0) is 9.59 Å². The molecule has 8 heteroatoms. The van der Waals surface area contributed by atoms with Gasteiger partial charge in [0.25, 0.3) is 0 Å². The highest BCUT2D eigenvalue weighted by molar-refractivity contribution is 5.93. The van der Waals surface area contributed by atoms with E-state index in [0.29, 0.717) is 0 Å². The first-order valence-corrected chi connectivity index (χ1v) is 6.29. The number of hydrogen-bond donors (Lipinski definition) is 4. The molecule has 0 saturated heterocycles. The Morgan fingerprint density at radius 3 is 1.26 bits per heavy atom. The molecule has 0 spiro atoms. The molecular formula is C15H12O8. The lowest BCUT2D eigenvalue weighted by molar-refractivity contribution is -0.144. The van der Waals surface area contributed by atoms with Crippen LogP contribution in [0.2, 0.25) is 0 Å². The number of phenols is 4. The molecule has 0 aliphatic rings. The number of benzene rings is 2. The first-order chi connectivity index (χ1) is 10.8. The minimum absolute atomic E-state index is 0.143. The second-order valence-electron chi connectivity index (χ2n) is 4.50. The number of carbonyl (C=O) groups excluding carboxylic acids is 2. The van der Waals surface area contributed by atoms with E-state index in [2.05, 4.69) is 0 Å². The number of aromatic hydroxyl groups is 4. The standard InChI is InChI=1S/C15H12O8/c16-8-1-9(17)4-12(3-8)22-14(20)7-15(21)23-13-5-10(18)2-11(19)6-13/h1-6,16-19H,7H2. The summed E-state index contributed by atoms with van der Waals surface area (Å²) >= 11 is 0. The first-order valence-electron chi connectivity index (χ1n) is 6.29. The molecular weight excluding hydrogens is 308 g/mol. The zero-order valence-electron chi connectivity index (χ0n) is 11.6. The molecule has 2 aromatic carbocycles. The Morgan fingerprint density at radius 2 is 0.957 bits per heavy atom. The summed E-state index contributed by atoms with van der Waals surface area (Å²) in [6.07, 6.45) is -0.757. The van der Waals surface area contributed by atoms with Crippen LogP contribution in [0.5, 0.6) is 34.5 Å². The maximum absolute atomic E-state index is 11.6. The SMILES string of the molecule is O=C(CC(=O)Oc1cc(O)cc(O)c1)Oc1cc(O)cc(O)c1. The van der Waals surface area contributed by atoms with Gasteiger partial charge in [-0.05, 0) is 0 Å². The fourth-order valence-corrected chi connectivity index (χ4v) is 1.71. The van der Waals surface area contributed by atoms with Gasteiger partial charge in [0.1, 0.15) is 40.9 Å². The van der Waals surface area contributed by atoms with Crippen molar-refractivity contribution in [3.05, 3.63) is 36.4 Å². The second-order valence-corrected chi connectivity index (χ2v) is 4.50. The summed E-state index contributed by atoms with van der Waals surface area (Å²) in [5.41, 5.74) is 0. The largest absolute Gasteiger partial charge is 0.508 e. The van der Waals surface area contributed by atoms with Gasteiger partial charge in [0.15, 0.2) is 0 Å². The Labute approximate surface area is 129 Å². The van der Waals surface area contributed by atoms with E-state index in [1.54, 1.807) is 0 Å². The van der Waals surface area contributed by atoms with Crippen molar-refractivity contribution in [2.75, 3.05) is 0 Å². The molecule has 0 unspecified atom stereocenters. The van der Waals surface area contributed by atoms with Gasteiger partial charge in [-0.2, -0.15) is 0 Å². The summed E-state index contributed by atoms with van der Waals surface area (Å²) < 4.78 is 9.55. The minimum Gasteiger partial charge on any atom is -0.508 e. The summed E-state index contributed by atoms with van der Waals surface area (Å²) in [5.74, 6) is -3.51. The molecule has 8 nitrogen and oxygen atoms in total. The predicted octanol–water partition coefficient (Wildman–Crippen LogP) is 1.41. The van der Waals surface area contributed by atoms with Crippen LogP contribution < -0.4 is 9.47 Å². The van der Waals surface area contributed by atoms with Crippen LogP contribution in [-0.4, -0.2) is 32.4 Å². The van der Waals surface area contributed by atoms with Crippen molar-refractivity contribution in [3.63, 3.8) is 0 Å². The summed E-state index contributed by atoms with van der Waals surface area (Å²) in [6.45, 7) is 0. The topological polar surface area (TPSA) is 134 Å². The van der Waals surface area contributed by atoms with Crippen molar-refractivity contribution >= 4 is 11.9 Å². The molecule has 2 rings (SSSR count). The third kappa shape index (κ3) is 4.81. The van der Waals surface area contributed by atoms with E-state index in [1.165, 1.54) is 0 Å². The van der Waals surface area contributed by atoms with E-state index >= 15 is 0 Å². The molecule has 0 atom stereocenters. The van der Waals surface area contributed by atoms with Crippen LogP contribution in [0.4, 0.5) is 0 Å². The molecule has 0 radical (unpaired) electrons. The van der Waals surface area contributed by atoms with E-state index in [0.717, 1.165) is 36.4 Å². The van der Waals surface area contributed by atoms with E-state index in [4.69, 9.17) is 9.47 Å². The van der Waals surface area contributed by atoms with Gasteiger partial charge in [0.2, 0.25) is 0 Å². The molecule has 120 valence electrons. The summed E-state index contributed by atoms with van der Waals surface area (Å²) in [5, 5.41) is 37.0. The van der Waals surface area contributed by atoms with Crippen molar-refractivity contribution in [2.45, 2.75) is 6.42 Å². The van der Waals surface area contributed by atoms with Gasteiger partial charge in [-0.25, -0.2) is 0 Å². The normalized spacial score (nSPS) is 10.1. The highest BCUT2D eigenvalue weighted by atomic mass is 16.6. The maximum atomic E-state index is 11.6. The quantitative estimate of drug-likeness (QED) is 0.377. The zero-order valence-corrected chi connectivity index (χ0v) is 11.6. The molecule has 0 aliphatic carbocycles. The van der Waals surface area contributed by atoms with Crippen molar-refractivity contribution in [2.24, 2.45) is 0 Å². The van der Waals surface area contributed by atoms with Crippen LogP contribution in [0.15, 0.2) is 36.4 Å². The van der Waals surface area contributed by atoms with Gasteiger partial charge < -0.3 is 29.9 Å². The van der Waals surface area contributed by atoms with Crippen LogP contribution in [0.25, 0.3) is 0 Å². The number of esters is 2. The van der Waals surface area contributed by atoms with E-state index in [-0.39, 0.29) is 34.5 Å². The Kier molecular flexibility index (Phi) is 4.55. The lowest BCUT2D eigenvalue weighted by Crippen LogP contribution is -2.18. The third-order valence-corrected chi connectivity index (χ3v) is 2.50. The fourth-order valence-electron chi connectivity index (χ4n) is 1.71. The van der Waals surface area contributed by atoms with Gasteiger partial charge in [0, 0.05) is 36.4 Å². The molecule has 0 saturated carbocycles. The summed E-state index contributed by atoms with van der Waals surface area (Å²) in [4.78, 5) is 23.2. The highest BCUT2D eigenvalue weighted by Crippen LogP contribution is 2.27. The van der Waals surface area contributed by atoms with Crippen LogP contribution in [0, 0.1) is 0 Å². The average molecular weight is 320 g/mol. The smallest absolute Gasteiger partial charge is 0.322 e. The summed E-state index contributed by atoms with van der Waals surface area (Å²) in [6, 6.07) is 6.40. The van der Waals surface area contributed by atoms with E-state index in [9.17, 15) is 30.0 Å². The minimum atomic E-state index is -0.982. The van der Waals surface area contributed by atoms with Crippen LogP contribution in [0.3, 0.4) is 0 Å². The molecule has 0 amide bonds. The van der Waals surface area contributed by atoms with Crippen molar-refractivity contribution < 1.29 is 39.5 Å². The van der Waals surface area contributed by atoms with Gasteiger partial charge in [-0.1, -0.05) is 0 Å². The molecule has 0 fully saturated rings. The van der Waals surface area contributed by atoms with Crippen molar-refractivity contribution in [1.82, 2.24) is 0 Å². The lowest BCUT2D eigenvalue weighted by Gasteiger charge is -2.07. The Bertz CT molecular complexity index is 649. The first kappa shape index (κ1) is 16.0. The fraction of sp³-hybridized carbons (Fsp3) is 0.0667. The van der Waals surface area contributed by atoms with Crippen LogP contribution in [0.1, 0.15) is 6.42 Å². The average Bonchev–Trinajstić information content (AvgIpc) is 2.34. The zero-order chi connectivity index (χ0) is 17.0. The molecule has 0 heterocycles. The van der Waals surface area contributed by atoms with Gasteiger partial charge in [0.05, 0.1) is 0 Å². The predicted molar refractivity (Wildman–Crippen MR) is 75.4 cm³/mol. The Balaban J connectivity index is 1.95. The van der Waals surface area contributed by atoms with Crippen molar-refractivity contribution in [3.8, 4) is 34.5 Å². The number of phenolic OH excluding ortho intramolecular Hbond substituents is 4. The van der Waals surface area contributed by atoms with Crippen molar-refractivity contribution in [1.29, 1.82) is 0 Å². The third-order valence-electron chi connectivity index (χ3n) is 2.50. The van der Waals surface area contributed by atoms with Gasteiger partial charge >= 0.3 is 11.9 Å². The molecule has 23 heavy (non-hydrogen) atoms. The highest BCUT2D eigenvalue weighted by Gasteiger charge is 2.15. The van der Waals surface area contributed by atoms with E-state index < -0.39 is 18.4 Å². The van der Waals surface area contributed by atoms with E-state index in [1.807, 2.05) is 0 Å². The Hall–Kier alpha value is -3.42. The second kappa shape index (κ2) is 6.56. The maximum Gasteiger partial charge on any atom is 0.322 e. The number of rotatable bonds is 4. The monoisotopic (exact) mass is 320 g/mol.